The van der Waals surface area contributed by atoms with Crippen LogP contribution in [0.25, 0.3) is 11.0 Å². The van der Waals surface area contributed by atoms with Gasteiger partial charge in [-0.3, -0.25) is 14.4 Å². The quantitative estimate of drug-likeness (QED) is 0.782. The zero-order valence-electron chi connectivity index (χ0n) is 13.1. The molecule has 1 aliphatic rings. The number of likely N-dealkylation sites (tertiary alicyclic amines) is 1. The molecule has 0 aliphatic carbocycles. The van der Waals surface area contributed by atoms with E-state index in [-0.39, 0.29) is 16.9 Å². The van der Waals surface area contributed by atoms with E-state index in [1.807, 2.05) is 4.90 Å². The zero-order chi connectivity index (χ0) is 16.3. The Hall–Kier alpha value is -2.37. The minimum atomic E-state index is -0.720. The Morgan fingerprint density at radius 2 is 1.64 bits per heavy atom. The number of aromatic amines is 2. The second-order valence-corrected chi connectivity index (χ2v) is 7.00. The molecule has 116 valence electrons. The van der Waals surface area contributed by atoms with Crippen LogP contribution in [0.2, 0.25) is 0 Å². The molecule has 0 bridgehead atoms. The molecule has 0 saturated carbocycles. The lowest BCUT2D eigenvalue weighted by atomic mass is 9.65. The van der Waals surface area contributed by atoms with E-state index in [1.54, 1.807) is 18.2 Å². The van der Waals surface area contributed by atoms with Crippen LogP contribution in [-0.4, -0.2) is 32.9 Å². The lowest BCUT2D eigenvalue weighted by Gasteiger charge is -2.61. The van der Waals surface area contributed by atoms with Gasteiger partial charge < -0.3 is 14.9 Å². The first-order valence-electron chi connectivity index (χ1n) is 7.22. The van der Waals surface area contributed by atoms with Gasteiger partial charge in [0.05, 0.1) is 11.0 Å². The van der Waals surface area contributed by atoms with Gasteiger partial charge in [0.2, 0.25) is 0 Å². The first-order valence-corrected chi connectivity index (χ1v) is 7.22. The molecule has 1 saturated heterocycles. The Bertz CT molecular complexity index is 889. The standard InChI is InChI=1S/C16H19N3O3/c1-15(2)8-19(16(15,3)4)14(22)9-5-6-10-11(7-9)18-13(21)12(20)17-10/h5-7H,8H2,1-4H3,(H,17,20)(H,18,21). The summed E-state index contributed by atoms with van der Waals surface area (Å²) < 4.78 is 0. The van der Waals surface area contributed by atoms with Crippen molar-refractivity contribution in [3.63, 3.8) is 0 Å². The number of fused-ring (bicyclic) bond motifs is 1. The van der Waals surface area contributed by atoms with E-state index in [2.05, 4.69) is 37.7 Å². The fraction of sp³-hybridized carbons (Fsp3) is 0.438. The van der Waals surface area contributed by atoms with E-state index in [0.717, 1.165) is 0 Å². The van der Waals surface area contributed by atoms with Crippen molar-refractivity contribution in [1.82, 2.24) is 14.9 Å². The highest BCUT2D eigenvalue weighted by molar-refractivity contribution is 5.98. The summed E-state index contributed by atoms with van der Waals surface area (Å²) in [6, 6.07) is 4.91. The van der Waals surface area contributed by atoms with Crippen LogP contribution in [0, 0.1) is 5.41 Å². The molecule has 1 amide bonds. The Morgan fingerprint density at radius 1 is 1.05 bits per heavy atom. The summed E-state index contributed by atoms with van der Waals surface area (Å²) in [5.74, 6) is -0.0710. The monoisotopic (exact) mass is 301 g/mol. The lowest BCUT2D eigenvalue weighted by molar-refractivity contribution is -0.0881. The number of hydrogen-bond donors (Lipinski definition) is 2. The molecule has 2 heterocycles. The van der Waals surface area contributed by atoms with Crippen molar-refractivity contribution in [1.29, 1.82) is 0 Å². The average Bonchev–Trinajstić information content (AvgIpc) is 2.45. The van der Waals surface area contributed by atoms with Gasteiger partial charge in [0, 0.05) is 23.1 Å². The molecule has 1 aromatic heterocycles. The van der Waals surface area contributed by atoms with E-state index < -0.39 is 11.1 Å². The van der Waals surface area contributed by atoms with Gasteiger partial charge in [0.25, 0.3) is 5.91 Å². The normalized spacial score (nSPS) is 19.0. The van der Waals surface area contributed by atoms with Crippen molar-refractivity contribution < 1.29 is 4.79 Å². The second-order valence-electron chi connectivity index (χ2n) is 7.00. The maximum Gasteiger partial charge on any atom is 0.314 e. The Balaban J connectivity index is 2.01. The van der Waals surface area contributed by atoms with Crippen molar-refractivity contribution in [3.05, 3.63) is 44.5 Å². The number of carbonyl (C=O) groups excluding carboxylic acids is 1. The number of H-pyrrole nitrogens is 2. The molecule has 0 spiro atoms. The first-order chi connectivity index (χ1) is 10.1. The Labute approximate surface area is 127 Å². The fourth-order valence-corrected chi connectivity index (χ4v) is 2.79. The van der Waals surface area contributed by atoms with Gasteiger partial charge in [-0.2, -0.15) is 0 Å². The highest BCUT2D eigenvalue weighted by Gasteiger charge is 2.54. The van der Waals surface area contributed by atoms with Gasteiger partial charge in [-0.15, -0.1) is 0 Å². The molecule has 1 fully saturated rings. The van der Waals surface area contributed by atoms with Crippen molar-refractivity contribution in [2.45, 2.75) is 33.2 Å². The summed E-state index contributed by atoms with van der Waals surface area (Å²) in [5, 5.41) is 0. The van der Waals surface area contributed by atoms with Crippen LogP contribution in [0.3, 0.4) is 0 Å². The molecule has 0 atom stereocenters. The molecule has 1 aromatic carbocycles. The number of nitrogens with one attached hydrogen (secondary N) is 2. The molecular weight excluding hydrogens is 282 g/mol. The van der Waals surface area contributed by atoms with Gasteiger partial charge in [-0.1, -0.05) is 13.8 Å². The largest absolute Gasteiger partial charge is 0.332 e. The van der Waals surface area contributed by atoms with Crippen LogP contribution >= 0.6 is 0 Å². The average molecular weight is 301 g/mol. The van der Waals surface area contributed by atoms with E-state index >= 15 is 0 Å². The second kappa shape index (κ2) is 4.32. The molecule has 6 nitrogen and oxygen atoms in total. The third-order valence-electron chi connectivity index (χ3n) is 5.10. The smallest absolute Gasteiger partial charge is 0.314 e. The number of hydrogen-bond acceptors (Lipinski definition) is 3. The predicted molar refractivity (Wildman–Crippen MR) is 84.1 cm³/mol. The SMILES string of the molecule is CC1(C)CN(C(=O)c2ccc3[nH]c(=O)c(=O)[nH]c3c2)C1(C)C. The number of benzene rings is 1. The maximum atomic E-state index is 12.7. The zero-order valence-corrected chi connectivity index (χ0v) is 13.1. The molecule has 2 N–H and O–H groups in total. The third-order valence-corrected chi connectivity index (χ3v) is 5.10. The molecule has 0 unspecified atom stereocenters. The van der Waals surface area contributed by atoms with Crippen molar-refractivity contribution >= 4 is 16.9 Å². The maximum absolute atomic E-state index is 12.7. The predicted octanol–water partition coefficient (Wildman–Crippen LogP) is 1.48. The summed E-state index contributed by atoms with van der Waals surface area (Å²) in [6.07, 6.45) is 0. The number of amides is 1. The fourth-order valence-electron chi connectivity index (χ4n) is 2.79. The van der Waals surface area contributed by atoms with Gasteiger partial charge in [-0.25, -0.2) is 0 Å². The van der Waals surface area contributed by atoms with Crippen LogP contribution < -0.4 is 11.1 Å². The third kappa shape index (κ3) is 1.90. The summed E-state index contributed by atoms with van der Waals surface area (Å²) in [7, 11) is 0. The van der Waals surface area contributed by atoms with Gasteiger partial charge in [-0.05, 0) is 32.0 Å². The number of rotatable bonds is 1. The van der Waals surface area contributed by atoms with Crippen LogP contribution in [0.5, 0.6) is 0 Å². The highest BCUT2D eigenvalue weighted by atomic mass is 16.2. The Morgan fingerprint density at radius 3 is 2.18 bits per heavy atom. The number of carbonyl (C=O) groups is 1. The molecule has 3 rings (SSSR count). The lowest BCUT2D eigenvalue weighted by Crippen LogP contribution is -2.70. The topological polar surface area (TPSA) is 86.0 Å². The summed E-state index contributed by atoms with van der Waals surface area (Å²) >= 11 is 0. The van der Waals surface area contributed by atoms with E-state index in [0.29, 0.717) is 23.1 Å². The number of aromatic nitrogens is 2. The van der Waals surface area contributed by atoms with Crippen LogP contribution in [0.4, 0.5) is 0 Å². The number of nitrogens with zero attached hydrogens (tertiary/aromatic N) is 1. The van der Waals surface area contributed by atoms with Gasteiger partial charge >= 0.3 is 11.1 Å². The van der Waals surface area contributed by atoms with Gasteiger partial charge in [0.1, 0.15) is 0 Å². The minimum Gasteiger partial charge on any atom is -0.332 e. The molecule has 2 aromatic rings. The van der Waals surface area contributed by atoms with Gasteiger partial charge in [0.15, 0.2) is 0 Å². The first kappa shape index (κ1) is 14.6. The summed E-state index contributed by atoms with van der Waals surface area (Å²) in [5.41, 5.74) is -0.118. The van der Waals surface area contributed by atoms with Crippen LogP contribution in [0.1, 0.15) is 38.1 Å². The summed E-state index contributed by atoms with van der Waals surface area (Å²) in [4.78, 5) is 42.2. The van der Waals surface area contributed by atoms with Crippen molar-refractivity contribution in [2.24, 2.45) is 5.41 Å². The molecule has 6 heteroatoms. The summed E-state index contributed by atoms with van der Waals surface area (Å²) in [6.45, 7) is 9.07. The van der Waals surface area contributed by atoms with Crippen molar-refractivity contribution in [3.8, 4) is 0 Å². The van der Waals surface area contributed by atoms with Crippen LogP contribution in [0.15, 0.2) is 27.8 Å². The minimum absolute atomic E-state index is 0.0685. The van der Waals surface area contributed by atoms with E-state index in [4.69, 9.17) is 0 Å². The Kier molecular flexibility index (Phi) is 2.86. The van der Waals surface area contributed by atoms with Crippen molar-refractivity contribution in [2.75, 3.05) is 6.54 Å². The molecular formula is C16H19N3O3. The highest BCUT2D eigenvalue weighted by Crippen LogP contribution is 2.46. The van der Waals surface area contributed by atoms with E-state index in [9.17, 15) is 14.4 Å². The van der Waals surface area contributed by atoms with Crippen LogP contribution in [-0.2, 0) is 0 Å². The van der Waals surface area contributed by atoms with E-state index in [1.165, 1.54) is 0 Å². The molecule has 22 heavy (non-hydrogen) atoms. The molecule has 0 radical (unpaired) electrons. The molecule has 1 aliphatic heterocycles.